The van der Waals surface area contributed by atoms with Gasteiger partial charge in [0.15, 0.2) is 6.61 Å². The summed E-state index contributed by atoms with van der Waals surface area (Å²) in [5.74, 6) is -0.724. The summed E-state index contributed by atoms with van der Waals surface area (Å²) in [4.78, 5) is 24.8. The highest BCUT2D eigenvalue weighted by Gasteiger charge is 2.17. The molecule has 2 amide bonds. The van der Waals surface area contributed by atoms with Crippen molar-refractivity contribution in [2.24, 2.45) is 5.73 Å². The van der Waals surface area contributed by atoms with E-state index < -0.39 is 11.8 Å². The predicted molar refractivity (Wildman–Crippen MR) is 109 cm³/mol. The summed E-state index contributed by atoms with van der Waals surface area (Å²) in [5, 5.41) is 3.81. The van der Waals surface area contributed by atoms with Crippen LogP contribution in [0, 0.1) is 0 Å². The van der Waals surface area contributed by atoms with E-state index in [4.69, 9.17) is 33.7 Å². The van der Waals surface area contributed by atoms with Gasteiger partial charge in [0.05, 0.1) is 10.6 Å². The van der Waals surface area contributed by atoms with Gasteiger partial charge in [-0.2, -0.15) is 0 Å². The molecule has 0 saturated heterocycles. The summed E-state index contributed by atoms with van der Waals surface area (Å²) in [6, 6.07) is 15.9. The number of nitrogens with two attached hydrogens (primary N) is 1. The van der Waals surface area contributed by atoms with E-state index in [1.54, 1.807) is 18.2 Å². The first-order chi connectivity index (χ1) is 12.9. The fraction of sp³-hybridized carbons (Fsp3) is 0.0526. The molecule has 2 aromatic carbocycles. The first-order valence-electron chi connectivity index (χ1n) is 7.81. The molecule has 0 unspecified atom stereocenters. The number of amides is 2. The Morgan fingerprint density at radius 3 is 2.48 bits per heavy atom. The second kappa shape index (κ2) is 8.43. The summed E-state index contributed by atoms with van der Waals surface area (Å²) in [6.45, 7) is -0.280. The number of carbonyl (C=O) groups excluding carboxylic acids is 2. The molecule has 8 heteroatoms. The molecule has 27 heavy (non-hydrogen) atoms. The Labute approximate surface area is 169 Å². The molecule has 3 rings (SSSR count). The van der Waals surface area contributed by atoms with Crippen LogP contribution in [0.5, 0.6) is 5.75 Å². The first-order valence-corrected chi connectivity index (χ1v) is 9.38. The number of carbonyl (C=O) groups is 2. The lowest BCUT2D eigenvalue weighted by molar-refractivity contribution is -0.118. The molecule has 5 nitrogen and oxygen atoms in total. The summed E-state index contributed by atoms with van der Waals surface area (Å²) in [7, 11) is 0. The fourth-order valence-corrected chi connectivity index (χ4v) is 3.86. The first kappa shape index (κ1) is 19.2. The fourth-order valence-electron chi connectivity index (χ4n) is 2.31. The highest BCUT2D eigenvalue weighted by Crippen LogP contribution is 2.35. The highest BCUT2D eigenvalue weighted by molar-refractivity contribution is 7.20. The van der Waals surface area contributed by atoms with Gasteiger partial charge in [0.2, 0.25) is 0 Å². The Kier molecular flexibility index (Phi) is 6.01. The van der Waals surface area contributed by atoms with E-state index >= 15 is 0 Å². The Morgan fingerprint density at radius 2 is 1.81 bits per heavy atom. The molecule has 0 aliphatic rings. The zero-order valence-corrected chi connectivity index (χ0v) is 16.2. The lowest BCUT2D eigenvalue weighted by Gasteiger charge is -2.08. The Bertz CT molecular complexity index is 990. The maximum Gasteiger partial charge on any atom is 0.262 e. The van der Waals surface area contributed by atoms with Gasteiger partial charge < -0.3 is 15.8 Å². The van der Waals surface area contributed by atoms with Gasteiger partial charge in [0, 0.05) is 9.90 Å². The number of nitrogens with one attached hydrogen (secondary N) is 1. The van der Waals surface area contributed by atoms with Crippen LogP contribution in [0.2, 0.25) is 10.0 Å². The SMILES string of the molecule is NC(=O)c1cc(-c2ccccc2)sc1NC(=O)COc1ccc(Cl)cc1Cl. The average molecular weight is 421 g/mol. The minimum absolute atomic E-state index is 0.247. The second-order valence-corrected chi connectivity index (χ2v) is 7.39. The van der Waals surface area contributed by atoms with Crippen molar-refractivity contribution in [3.8, 4) is 16.2 Å². The van der Waals surface area contributed by atoms with Crippen molar-refractivity contribution in [1.82, 2.24) is 0 Å². The van der Waals surface area contributed by atoms with Gasteiger partial charge in [-0.3, -0.25) is 9.59 Å². The van der Waals surface area contributed by atoms with Gasteiger partial charge in [-0.05, 0) is 29.8 Å². The van der Waals surface area contributed by atoms with E-state index in [0.29, 0.717) is 20.8 Å². The Morgan fingerprint density at radius 1 is 1.07 bits per heavy atom. The number of hydrogen-bond donors (Lipinski definition) is 2. The van der Waals surface area contributed by atoms with Crippen molar-refractivity contribution in [2.45, 2.75) is 0 Å². The Balaban J connectivity index is 1.73. The molecule has 3 aromatic rings. The van der Waals surface area contributed by atoms with Crippen LogP contribution in [0.4, 0.5) is 5.00 Å². The molecule has 0 radical (unpaired) electrons. The van der Waals surface area contributed by atoms with Gasteiger partial charge in [-0.25, -0.2) is 0 Å². The molecule has 0 aliphatic carbocycles. The topological polar surface area (TPSA) is 81.4 Å². The highest BCUT2D eigenvalue weighted by atomic mass is 35.5. The van der Waals surface area contributed by atoms with Crippen molar-refractivity contribution in [1.29, 1.82) is 0 Å². The van der Waals surface area contributed by atoms with E-state index in [0.717, 1.165) is 10.4 Å². The molecule has 1 aromatic heterocycles. The monoisotopic (exact) mass is 420 g/mol. The van der Waals surface area contributed by atoms with Gasteiger partial charge in [0.25, 0.3) is 11.8 Å². The second-order valence-electron chi connectivity index (χ2n) is 5.50. The third-order valence-corrected chi connectivity index (χ3v) is 5.19. The third-order valence-electron chi connectivity index (χ3n) is 3.56. The molecular formula is C19H14Cl2N2O3S. The Hall–Kier alpha value is -2.54. The van der Waals surface area contributed by atoms with Gasteiger partial charge >= 0.3 is 0 Å². The van der Waals surface area contributed by atoms with Crippen LogP contribution < -0.4 is 15.8 Å². The number of hydrogen-bond acceptors (Lipinski definition) is 4. The summed E-state index contributed by atoms with van der Waals surface area (Å²) in [5.41, 5.74) is 6.61. The van der Waals surface area contributed by atoms with Crippen LogP contribution in [-0.2, 0) is 4.79 Å². The number of thiophene rings is 1. The lowest BCUT2D eigenvalue weighted by Crippen LogP contribution is -2.21. The molecule has 138 valence electrons. The maximum absolute atomic E-state index is 12.2. The normalized spacial score (nSPS) is 10.4. The minimum atomic E-state index is -0.620. The summed E-state index contributed by atoms with van der Waals surface area (Å²) in [6.07, 6.45) is 0. The largest absolute Gasteiger partial charge is 0.482 e. The summed E-state index contributed by atoms with van der Waals surface area (Å²) >= 11 is 13.1. The predicted octanol–water partition coefficient (Wildman–Crippen LogP) is 4.84. The number of anilines is 1. The zero-order chi connectivity index (χ0) is 19.4. The maximum atomic E-state index is 12.2. The molecule has 3 N–H and O–H groups in total. The van der Waals surface area contributed by atoms with E-state index in [1.165, 1.54) is 17.4 Å². The lowest BCUT2D eigenvalue weighted by atomic mass is 10.1. The van der Waals surface area contributed by atoms with Crippen LogP contribution in [0.1, 0.15) is 10.4 Å². The zero-order valence-electron chi connectivity index (χ0n) is 13.9. The molecule has 0 fully saturated rings. The van der Waals surface area contributed by atoms with Crippen molar-refractivity contribution in [2.75, 3.05) is 11.9 Å². The van der Waals surface area contributed by atoms with Crippen LogP contribution in [0.15, 0.2) is 54.6 Å². The van der Waals surface area contributed by atoms with E-state index in [9.17, 15) is 9.59 Å². The standard InChI is InChI=1S/C19H14Cl2N2O3S/c20-12-6-7-15(14(21)8-12)26-10-17(24)23-19-13(18(22)25)9-16(27-19)11-4-2-1-3-5-11/h1-9H,10H2,(H2,22,25)(H,23,24). The molecule has 0 atom stereocenters. The number of primary amides is 1. The van der Waals surface area contributed by atoms with Crippen molar-refractivity contribution >= 4 is 51.4 Å². The molecular weight excluding hydrogens is 407 g/mol. The smallest absolute Gasteiger partial charge is 0.262 e. The third kappa shape index (κ3) is 4.80. The van der Waals surface area contributed by atoms with Crippen LogP contribution in [0.3, 0.4) is 0 Å². The number of rotatable bonds is 6. The van der Waals surface area contributed by atoms with Crippen molar-refractivity contribution in [3.63, 3.8) is 0 Å². The molecule has 0 saturated carbocycles. The van der Waals surface area contributed by atoms with E-state index in [-0.39, 0.29) is 12.2 Å². The summed E-state index contributed by atoms with van der Waals surface area (Å²) < 4.78 is 5.40. The minimum Gasteiger partial charge on any atom is -0.482 e. The van der Waals surface area contributed by atoms with Crippen molar-refractivity contribution in [3.05, 3.63) is 70.2 Å². The van der Waals surface area contributed by atoms with Crippen LogP contribution in [0.25, 0.3) is 10.4 Å². The van der Waals surface area contributed by atoms with Gasteiger partial charge in [-0.15, -0.1) is 11.3 Å². The quantitative estimate of drug-likeness (QED) is 0.598. The average Bonchev–Trinajstić information content (AvgIpc) is 3.06. The van der Waals surface area contributed by atoms with Crippen molar-refractivity contribution < 1.29 is 14.3 Å². The molecule has 1 heterocycles. The van der Waals surface area contributed by atoms with Crippen LogP contribution in [-0.4, -0.2) is 18.4 Å². The molecule has 0 spiro atoms. The number of halogens is 2. The van der Waals surface area contributed by atoms with Crippen LogP contribution >= 0.6 is 34.5 Å². The molecule has 0 bridgehead atoms. The number of ether oxygens (including phenoxy) is 1. The van der Waals surface area contributed by atoms with Gasteiger partial charge in [-0.1, -0.05) is 53.5 Å². The van der Waals surface area contributed by atoms with E-state index in [1.807, 2.05) is 30.3 Å². The molecule has 0 aliphatic heterocycles. The number of benzene rings is 2. The van der Waals surface area contributed by atoms with Gasteiger partial charge in [0.1, 0.15) is 10.8 Å². The van der Waals surface area contributed by atoms with E-state index in [2.05, 4.69) is 5.32 Å².